The maximum absolute atomic E-state index is 13.3. The Balaban J connectivity index is 2.22. The minimum absolute atomic E-state index is 0.0261. The van der Waals surface area contributed by atoms with Gasteiger partial charge in [-0.2, -0.15) is 10.2 Å². The number of hydrogen-bond acceptors (Lipinski definition) is 5. The average Bonchev–Trinajstić information content (AvgIpc) is 2.80. The first-order chi connectivity index (χ1) is 9.65. The summed E-state index contributed by atoms with van der Waals surface area (Å²) in [4.78, 5) is 0. The number of rotatable bonds is 2. The van der Waals surface area contributed by atoms with Crippen LogP contribution in [0.3, 0.4) is 0 Å². The number of aromatic nitrogens is 3. The molecule has 2 N–H and O–H groups in total. The summed E-state index contributed by atoms with van der Waals surface area (Å²) in [5.41, 5.74) is 7.19. The van der Waals surface area contributed by atoms with Gasteiger partial charge in [-0.1, -0.05) is 5.16 Å². The van der Waals surface area contributed by atoms with E-state index in [0.717, 1.165) is 18.2 Å². The number of anilines is 1. The van der Waals surface area contributed by atoms with Crippen molar-refractivity contribution in [2.75, 3.05) is 5.73 Å². The third kappa shape index (κ3) is 2.09. The molecule has 2 aromatic heterocycles. The Kier molecular flexibility index (Phi) is 2.86. The SMILES string of the molecule is Nc1onc(-c2ccnnc2)c1-c1cc(F)cc(F)c1. The third-order valence-corrected chi connectivity index (χ3v) is 2.73. The fourth-order valence-corrected chi connectivity index (χ4v) is 1.91. The molecule has 0 bridgehead atoms. The van der Waals surface area contributed by atoms with Crippen LogP contribution < -0.4 is 5.73 Å². The van der Waals surface area contributed by atoms with Crippen molar-refractivity contribution in [2.24, 2.45) is 0 Å². The van der Waals surface area contributed by atoms with Crippen LogP contribution in [0.4, 0.5) is 14.7 Å². The normalized spacial score (nSPS) is 10.7. The van der Waals surface area contributed by atoms with Crippen molar-refractivity contribution >= 4 is 5.88 Å². The van der Waals surface area contributed by atoms with Gasteiger partial charge in [-0.15, -0.1) is 0 Å². The predicted octanol–water partition coefficient (Wildman–Crippen LogP) is 2.66. The Morgan fingerprint density at radius 2 is 1.75 bits per heavy atom. The molecule has 1 aromatic carbocycles. The lowest BCUT2D eigenvalue weighted by molar-refractivity contribution is 0.439. The van der Waals surface area contributed by atoms with Crippen LogP contribution in [0.15, 0.2) is 41.2 Å². The van der Waals surface area contributed by atoms with Crippen LogP contribution >= 0.6 is 0 Å². The zero-order chi connectivity index (χ0) is 14.1. The summed E-state index contributed by atoms with van der Waals surface area (Å²) in [6.07, 6.45) is 2.92. The maximum atomic E-state index is 13.3. The van der Waals surface area contributed by atoms with Crippen LogP contribution in [0.25, 0.3) is 22.4 Å². The van der Waals surface area contributed by atoms with Crippen molar-refractivity contribution < 1.29 is 13.3 Å². The third-order valence-electron chi connectivity index (χ3n) is 2.73. The van der Waals surface area contributed by atoms with Crippen molar-refractivity contribution in [3.63, 3.8) is 0 Å². The van der Waals surface area contributed by atoms with Crippen LogP contribution in [-0.4, -0.2) is 15.4 Å². The highest BCUT2D eigenvalue weighted by molar-refractivity contribution is 5.86. The van der Waals surface area contributed by atoms with E-state index in [-0.39, 0.29) is 11.4 Å². The number of benzene rings is 1. The molecule has 0 atom stereocenters. The molecule has 0 aliphatic carbocycles. The molecule has 0 saturated heterocycles. The van der Waals surface area contributed by atoms with Crippen molar-refractivity contribution in [1.82, 2.24) is 15.4 Å². The lowest BCUT2D eigenvalue weighted by Gasteiger charge is -2.03. The Bertz CT molecular complexity index is 738. The van der Waals surface area contributed by atoms with Crippen molar-refractivity contribution in [3.8, 4) is 22.4 Å². The molecular formula is C13H8F2N4O. The summed E-state index contributed by atoms with van der Waals surface area (Å²) < 4.78 is 31.6. The highest BCUT2D eigenvalue weighted by Gasteiger charge is 2.18. The van der Waals surface area contributed by atoms with Gasteiger partial charge in [0.25, 0.3) is 0 Å². The van der Waals surface area contributed by atoms with Gasteiger partial charge in [0.05, 0.1) is 18.0 Å². The molecule has 0 aliphatic heterocycles. The second-order valence-electron chi connectivity index (χ2n) is 4.06. The van der Waals surface area contributed by atoms with Gasteiger partial charge in [0.2, 0.25) is 5.88 Å². The van der Waals surface area contributed by atoms with Gasteiger partial charge in [-0.25, -0.2) is 8.78 Å². The van der Waals surface area contributed by atoms with E-state index in [1.54, 1.807) is 6.07 Å². The Labute approximate surface area is 112 Å². The largest absolute Gasteiger partial charge is 0.367 e. The fourth-order valence-electron chi connectivity index (χ4n) is 1.91. The highest BCUT2D eigenvalue weighted by atomic mass is 19.1. The van der Waals surface area contributed by atoms with Crippen molar-refractivity contribution in [1.29, 1.82) is 0 Å². The summed E-state index contributed by atoms with van der Waals surface area (Å²) in [7, 11) is 0. The van der Waals surface area contributed by atoms with Gasteiger partial charge in [-0.3, -0.25) is 0 Å². The van der Waals surface area contributed by atoms with Crippen LogP contribution in [0.5, 0.6) is 0 Å². The van der Waals surface area contributed by atoms with Crippen LogP contribution in [-0.2, 0) is 0 Å². The zero-order valence-corrected chi connectivity index (χ0v) is 10.0. The maximum Gasteiger partial charge on any atom is 0.230 e. The smallest absolute Gasteiger partial charge is 0.230 e. The standard InChI is InChI=1S/C13H8F2N4O/c14-9-3-8(4-10(15)5-9)11-12(19-20-13(11)16)7-1-2-17-18-6-7/h1-6H,16H2. The molecule has 0 aliphatic rings. The van der Waals surface area contributed by atoms with Crippen molar-refractivity contribution in [2.45, 2.75) is 0 Å². The highest BCUT2D eigenvalue weighted by Crippen LogP contribution is 2.36. The van der Waals surface area contributed by atoms with E-state index in [1.165, 1.54) is 12.4 Å². The molecule has 100 valence electrons. The second kappa shape index (κ2) is 4.69. The van der Waals surface area contributed by atoms with E-state index in [9.17, 15) is 8.78 Å². The van der Waals surface area contributed by atoms with Crippen LogP contribution in [0.2, 0.25) is 0 Å². The molecular weight excluding hydrogens is 266 g/mol. The Morgan fingerprint density at radius 3 is 2.40 bits per heavy atom. The summed E-state index contributed by atoms with van der Waals surface area (Å²) in [6.45, 7) is 0. The van der Waals surface area contributed by atoms with Gasteiger partial charge in [0, 0.05) is 11.6 Å². The van der Waals surface area contributed by atoms with Crippen molar-refractivity contribution in [3.05, 3.63) is 48.3 Å². The number of nitrogens with zero attached hydrogens (tertiary/aromatic N) is 3. The first-order valence-corrected chi connectivity index (χ1v) is 5.64. The van der Waals surface area contributed by atoms with Gasteiger partial charge >= 0.3 is 0 Å². The summed E-state index contributed by atoms with van der Waals surface area (Å²) in [5, 5.41) is 11.2. The van der Waals surface area contributed by atoms with Crippen LogP contribution in [0.1, 0.15) is 0 Å². The van der Waals surface area contributed by atoms with Gasteiger partial charge < -0.3 is 10.3 Å². The molecule has 3 rings (SSSR count). The van der Waals surface area contributed by atoms with Gasteiger partial charge in [-0.05, 0) is 23.8 Å². The summed E-state index contributed by atoms with van der Waals surface area (Å²) in [6, 6.07) is 4.73. The molecule has 5 nitrogen and oxygen atoms in total. The Hall–Kier alpha value is -2.83. The zero-order valence-electron chi connectivity index (χ0n) is 10.0. The van der Waals surface area contributed by atoms with Gasteiger partial charge in [0.15, 0.2) is 0 Å². The first kappa shape index (κ1) is 12.2. The lowest BCUT2D eigenvalue weighted by atomic mass is 10.0. The molecule has 2 heterocycles. The molecule has 0 unspecified atom stereocenters. The number of nitrogen functional groups attached to an aromatic ring is 1. The monoisotopic (exact) mass is 274 g/mol. The number of nitrogens with two attached hydrogens (primary N) is 1. The molecule has 0 saturated carbocycles. The Morgan fingerprint density at radius 1 is 1.00 bits per heavy atom. The van der Waals surface area contributed by atoms with E-state index in [1.807, 2.05) is 0 Å². The summed E-state index contributed by atoms with van der Waals surface area (Å²) >= 11 is 0. The fraction of sp³-hybridized carbons (Fsp3) is 0. The topological polar surface area (TPSA) is 77.8 Å². The van der Waals surface area contributed by atoms with E-state index in [0.29, 0.717) is 16.8 Å². The molecule has 3 aromatic rings. The molecule has 20 heavy (non-hydrogen) atoms. The summed E-state index contributed by atoms with van der Waals surface area (Å²) in [5.74, 6) is -1.44. The van der Waals surface area contributed by atoms with Gasteiger partial charge in [0.1, 0.15) is 17.3 Å². The van der Waals surface area contributed by atoms with E-state index in [2.05, 4.69) is 15.4 Å². The molecule has 0 radical (unpaired) electrons. The lowest BCUT2D eigenvalue weighted by Crippen LogP contribution is -1.91. The van der Waals surface area contributed by atoms with E-state index < -0.39 is 11.6 Å². The number of hydrogen-bond donors (Lipinski definition) is 1. The minimum Gasteiger partial charge on any atom is -0.367 e. The minimum atomic E-state index is -0.709. The molecule has 0 spiro atoms. The first-order valence-electron chi connectivity index (χ1n) is 5.64. The van der Waals surface area contributed by atoms with E-state index in [4.69, 9.17) is 10.3 Å². The average molecular weight is 274 g/mol. The quantitative estimate of drug-likeness (QED) is 0.777. The second-order valence-corrected chi connectivity index (χ2v) is 4.06. The molecule has 7 heteroatoms. The predicted molar refractivity (Wildman–Crippen MR) is 67.3 cm³/mol. The molecule has 0 fully saturated rings. The number of halogens is 2. The van der Waals surface area contributed by atoms with Crippen LogP contribution in [0, 0.1) is 11.6 Å². The molecule has 0 amide bonds. The van der Waals surface area contributed by atoms with E-state index >= 15 is 0 Å².